The van der Waals surface area contributed by atoms with Crippen LogP contribution in [0.25, 0.3) is 0 Å². The van der Waals surface area contributed by atoms with Crippen LogP contribution in [-0.4, -0.2) is 73.7 Å². The third-order valence-corrected chi connectivity index (χ3v) is 5.18. The highest BCUT2D eigenvalue weighted by Crippen LogP contribution is 2.12. The van der Waals surface area contributed by atoms with Crippen molar-refractivity contribution in [1.82, 2.24) is 30.1 Å². The molecule has 3 N–H and O–H groups in total. The summed E-state index contributed by atoms with van der Waals surface area (Å²) in [6, 6.07) is -2.18. The number of carboxylic acid groups (broad SMARTS) is 1. The molecule has 2 unspecified atom stereocenters. The van der Waals surface area contributed by atoms with E-state index in [1.807, 2.05) is 6.92 Å². The highest BCUT2D eigenvalue weighted by molar-refractivity contribution is 5.93. The monoisotopic (exact) mass is 477 g/mol. The Morgan fingerprint density at radius 1 is 1.26 bits per heavy atom. The minimum atomic E-state index is -1.21. The van der Waals surface area contributed by atoms with Gasteiger partial charge in [-0.25, -0.2) is 9.61 Å². The molecule has 1 amide bonds. The summed E-state index contributed by atoms with van der Waals surface area (Å²) in [5.41, 5.74) is 0.514. The molecule has 34 heavy (non-hydrogen) atoms. The van der Waals surface area contributed by atoms with Gasteiger partial charge in [0.15, 0.2) is 11.6 Å². The standard InChI is InChI=1S/C21H31N7O6/c1-5-8-27(4)12-17(29)14(10-18(30)31)24-20(32)16(6-2)28-9-7-22-19(21(28)33)23-11-15-13(3)25-34-26-15/h7,9,14,16H,5-6,8,10-12H2,1-4H3,(H,22,23)(H,24,32)(H,30,31). The Bertz CT molecular complexity index is 1050. The Morgan fingerprint density at radius 3 is 2.59 bits per heavy atom. The minimum absolute atomic E-state index is 0.00243. The first-order valence-corrected chi connectivity index (χ1v) is 11.0. The summed E-state index contributed by atoms with van der Waals surface area (Å²) >= 11 is 0. The molecule has 13 nitrogen and oxygen atoms in total. The Labute approximate surface area is 196 Å². The second-order valence-corrected chi connectivity index (χ2v) is 7.93. The molecule has 0 saturated carbocycles. The fourth-order valence-corrected chi connectivity index (χ4v) is 3.40. The lowest BCUT2D eigenvalue weighted by Gasteiger charge is -2.24. The number of ketones is 1. The van der Waals surface area contributed by atoms with Gasteiger partial charge in [-0.1, -0.05) is 24.2 Å². The van der Waals surface area contributed by atoms with Crippen LogP contribution in [0, 0.1) is 6.92 Å². The molecule has 13 heteroatoms. The number of hydrogen-bond donors (Lipinski definition) is 3. The number of carbonyl (C=O) groups excluding carboxylic acids is 2. The van der Waals surface area contributed by atoms with E-state index in [0.29, 0.717) is 17.9 Å². The topological polar surface area (TPSA) is 173 Å². The summed E-state index contributed by atoms with van der Waals surface area (Å²) in [6.07, 6.45) is 3.24. The molecular formula is C21H31N7O6. The predicted molar refractivity (Wildman–Crippen MR) is 121 cm³/mol. The van der Waals surface area contributed by atoms with Gasteiger partial charge in [0.1, 0.15) is 17.4 Å². The van der Waals surface area contributed by atoms with Gasteiger partial charge in [-0.05, 0) is 33.4 Å². The van der Waals surface area contributed by atoms with Crippen LogP contribution in [0.4, 0.5) is 5.82 Å². The third-order valence-electron chi connectivity index (χ3n) is 5.18. The number of aliphatic carboxylic acids is 1. The molecule has 0 radical (unpaired) electrons. The quantitative estimate of drug-likeness (QED) is 0.343. The number of likely N-dealkylation sites (N-methyl/N-ethyl adjacent to an activating group) is 1. The molecule has 0 fully saturated rings. The van der Waals surface area contributed by atoms with E-state index in [2.05, 4.69) is 30.6 Å². The van der Waals surface area contributed by atoms with Gasteiger partial charge >= 0.3 is 5.97 Å². The van der Waals surface area contributed by atoms with E-state index in [4.69, 9.17) is 0 Å². The number of nitrogens with one attached hydrogen (secondary N) is 2. The smallest absolute Gasteiger partial charge is 0.305 e. The summed E-state index contributed by atoms with van der Waals surface area (Å²) in [5, 5.41) is 22.0. The van der Waals surface area contributed by atoms with Crippen molar-refractivity contribution in [3.63, 3.8) is 0 Å². The number of aromatic nitrogens is 4. The van der Waals surface area contributed by atoms with Gasteiger partial charge in [0.25, 0.3) is 5.56 Å². The number of rotatable bonds is 14. The average Bonchev–Trinajstić information content (AvgIpc) is 3.18. The van der Waals surface area contributed by atoms with Crippen molar-refractivity contribution in [2.45, 2.75) is 58.7 Å². The lowest BCUT2D eigenvalue weighted by molar-refractivity contribution is -0.140. The first-order chi connectivity index (χ1) is 16.2. The van der Waals surface area contributed by atoms with Crippen LogP contribution >= 0.6 is 0 Å². The summed E-state index contributed by atoms with van der Waals surface area (Å²) in [6.45, 7) is 6.17. The maximum atomic E-state index is 13.0. The zero-order valence-electron chi connectivity index (χ0n) is 19.8. The van der Waals surface area contributed by atoms with E-state index in [-0.39, 0.29) is 25.3 Å². The number of Topliss-reactive ketones (excluding diaryl/α,β-unsaturated/α-hetero) is 1. The summed E-state index contributed by atoms with van der Waals surface area (Å²) in [5.74, 6) is -2.26. The van der Waals surface area contributed by atoms with E-state index in [1.54, 1.807) is 25.8 Å². The van der Waals surface area contributed by atoms with Crippen molar-refractivity contribution in [3.05, 3.63) is 34.1 Å². The molecule has 0 aliphatic heterocycles. The SMILES string of the molecule is CCCN(C)CC(=O)C(CC(=O)O)NC(=O)C(CC)n1ccnc(NCc2nonc2C)c1=O. The third kappa shape index (κ3) is 7.20. The van der Waals surface area contributed by atoms with Crippen molar-refractivity contribution in [2.24, 2.45) is 0 Å². The average molecular weight is 478 g/mol. The fourth-order valence-electron chi connectivity index (χ4n) is 3.40. The highest BCUT2D eigenvalue weighted by Gasteiger charge is 2.28. The molecule has 2 heterocycles. The molecule has 0 aliphatic rings. The van der Waals surface area contributed by atoms with Crippen molar-refractivity contribution in [1.29, 1.82) is 0 Å². The number of carbonyl (C=O) groups is 3. The second-order valence-electron chi connectivity index (χ2n) is 7.93. The molecule has 0 spiro atoms. The van der Waals surface area contributed by atoms with Crippen LogP contribution in [-0.2, 0) is 20.9 Å². The number of anilines is 1. The second kappa shape index (κ2) is 12.6. The van der Waals surface area contributed by atoms with Gasteiger partial charge in [0, 0.05) is 12.4 Å². The maximum absolute atomic E-state index is 13.0. The van der Waals surface area contributed by atoms with Crippen LogP contribution in [0.1, 0.15) is 50.5 Å². The Balaban J connectivity index is 2.19. The molecule has 2 atom stereocenters. The van der Waals surface area contributed by atoms with E-state index in [0.717, 1.165) is 6.42 Å². The van der Waals surface area contributed by atoms with Crippen LogP contribution in [0.2, 0.25) is 0 Å². The van der Waals surface area contributed by atoms with Gasteiger partial charge in [-0.2, -0.15) is 0 Å². The van der Waals surface area contributed by atoms with Gasteiger partial charge in [0.05, 0.1) is 25.6 Å². The molecule has 0 aromatic carbocycles. The number of hydrogen-bond acceptors (Lipinski definition) is 10. The fraction of sp³-hybridized carbons (Fsp3) is 0.571. The molecular weight excluding hydrogens is 446 g/mol. The molecule has 2 aromatic heterocycles. The summed E-state index contributed by atoms with van der Waals surface area (Å²) in [4.78, 5) is 55.8. The maximum Gasteiger partial charge on any atom is 0.305 e. The Kier molecular flexibility index (Phi) is 9.86. The molecule has 0 saturated heterocycles. The lowest BCUT2D eigenvalue weighted by Crippen LogP contribution is -2.49. The molecule has 186 valence electrons. The Morgan fingerprint density at radius 2 is 2.00 bits per heavy atom. The van der Waals surface area contributed by atoms with Crippen LogP contribution in [0.5, 0.6) is 0 Å². The highest BCUT2D eigenvalue weighted by atomic mass is 16.6. The molecule has 0 aliphatic carbocycles. The van der Waals surface area contributed by atoms with Crippen LogP contribution in [0.15, 0.2) is 21.8 Å². The zero-order chi connectivity index (χ0) is 25.3. The first kappa shape index (κ1) is 26.6. The normalized spacial score (nSPS) is 12.9. The predicted octanol–water partition coefficient (Wildman–Crippen LogP) is 0.368. The Hall–Kier alpha value is -3.61. The van der Waals surface area contributed by atoms with E-state index in [1.165, 1.54) is 17.0 Å². The largest absolute Gasteiger partial charge is 0.481 e. The van der Waals surface area contributed by atoms with Crippen molar-refractivity contribution >= 4 is 23.5 Å². The first-order valence-electron chi connectivity index (χ1n) is 11.0. The molecule has 2 aromatic rings. The van der Waals surface area contributed by atoms with Gasteiger partial charge in [-0.3, -0.25) is 28.6 Å². The van der Waals surface area contributed by atoms with Gasteiger partial charge in [0.2, 0.25) is 5.91 Å². The minimum Gasteiger partial charge on any atom is -0.481 e. The summed E-state index contributed by atoms with van der Waals surface area (Å²) in [7, 11) is 1.75. The number of nitrogens with zero attached hydrogens (tertiary/aromatic N) is 5. The van der Waals surface area contributed by atoms with E-state index >= 15 is 0 Å². The number of carboxylic acids is 1. The van der Waals surface area contributed by atoms with Gasteiger partial charge in [-0.15, -0.1) is 0 Å². The molecule has 2 rings (SSSR count). The van der Waals surface area contributed by atoms with E-state index < -0.39 is 41.7 Å². The van der Waals surface area contributed by atoms with Crippen molar-refractivity contribution in [3.8, 4) is 0 Å². The number of aryl methyl sites for hydroxylation is 1. The summed E-state index contributed by atoms with van der Waals surface area (Å²) < 4.78 is 5.83. The van der Waals surface area contributed by atoms with Crippen molar-refractivity contribution in [2.75, 3.05) is 25.5 Å². The van der Waals surface area contributed by atoms with Crippen LogP contribution < -0.4 is 16.2 Å². The number of amides is 1. The zero-order valence-corrected chi connectivity index (χ0v) is 19.8. The van der Waals surface area contributed by atoms with E-state index in [9.17, 15) is 24.3 Å². The molecule has 0 bridgehead atoms. The lowest BCUT2D eigenvalue weighted by atomic mass is 10.1. The van der Waals surface area contributed by atoms with Crippen LogP contribution in [0.3, 0.4) is 0 Å². The van der Waals surface area contributed by atoms with Crippen molar-refractivity contribution < 1.29 is 24.1 Å². The van der Waals surface area contributed by atoms with Gasteiger partial charge < -0.3 is 15.7 Å².